The molecule has 0 saturated carbocycles. The van der Waals surface area contributed by atoms with Gasteiger partial charge in [-0.25, -0.2) is 0 Å². The van der Waals surface area contributed by atoms with Gasteiger partial charge in [-0.1, -0.05) is 28.1 Å². The Morgan fingerprint density at radius 2 is 1.76 bits per heavy atom. The summed E-state index contributed by atoms with van der Waals surface area (Å²) in [6, 6.07) is 12.8. The smallest absolute Gasteiger partial charge is 0.120 e. The molecule has 0 radical (unpaired) electrons. The molecule has 3 heteroatoms. The molecule has 2 aromatic rings. The van der Waals surface area contributed by atoms with Crippen LogP contribution in [0.4, 0.5) is 0 Å². The van der Waals surface area contributed by atoms with Gasteiger partial charge < -0.3 is 9.73 Å². The van der Waals surface area contributed by atoms with E-state index < -0.39 is 0 Å². The zero-order valence-electron chi connectivity index (χ0n) is 9.98. The lowest BCUT2D eigenvalue weighted by Gasteiger charge is -2.18. The Morgan fingerprint density at radius 1 is 1.06 bits per heavy atom. The highest BCUT2D eigenvalue weighted by atomic mass is 79.9. The Bertz CT molecular complexity index is 450. The van der Waals surface area contributed by atoms with Crippen molar-refractivity contribution in [2.24, 2.45) is 0 Å². The van der Waals surface area contributed by atoms with Crippen molar-refractivity contribution in [3.63, 3.8) is 0 Å². The zero-order chi connectivity index (χ0) is 12.3. The molecule has 0 saturated heterocycles. The molecule has 1 aromatic heterocycles. The molecular weight excluding hydrogens is 278 g/mol. The Morgan fingerprint density at radius 3 is 2.35 bits per heavy atom. The molecule has 0 aliphatic carbocycles. The van der Waals surface area contributed by atoms with Crippen LogP contribution >= 0.6 is 15.9 Å². The number of benzene rings is 1. The van der Waals surface area contributed by atoms with E-state index in [9.17, 15) is 0 Å². The highest BCUT2D eigenvalue weighted by molar-refractivity contribution is 9.10. The summed E-state index contributed by atoms with van der Waals surface area (Å²) in [7, 11) is 0. The van der Waals surface area contributed by atoms with Gasteiger partial charge in [0.25, 0.3) is 0 Å². The van der Waals surface area contributed by atoms with Gasteiger partial charge in [0.1, 0.15) is 5.76 Å². The summed E-state index contributed by atoms with van der Waals surface area (Å²) < 4.78 is 6.49. The molecule has 17 heavy (non-hydrogen) atoms. The van der Waals surface area contributed by atoms with Gasteiger partial charge in [-0.05, 0) is 43.7 Å². The van der Waals surface area contributed by atoms with Crippen molar-refractivity contribution in [3.05, 3.63) is 58.5 Å². The number of rotatable bonds is 4. The molecule has 1 heterocycles. The molecule has 2 rings (SSSR count). The molecule has 0 fully saturated rings. The minimum atomic E-state index is 0.212. The summed E-state index contributed by atoms with van der Waals surface area (Å²) in [5, 5.41) is 3.51. The predicted octanol–water partition coefficient (Wildman–Crippen LogP) is 4.45. The monoisotopic (exact) mass is 293 g/mol. The second-order valence-electron chi connectivity index (χ2n) is 4.18. The van der Waals surface area contributed by atoms with Crippen molar-refractivity contribution >= 4 is 15.9 Å². The fourth-order valence-electron chi connectivity index (χ4n) is 1.84. The first-order valence-electron chi connectivity index (χ1n) is 5.71. The molecule has 2 nitrogen and oxygen atoms in total. The Kier molecular flexibility index (Phi) is 4.02. The van der Waals surface area contributed by atoms with E-state index in [2.05, 4.69) is 59.4 Å². The van der Waals surface area contributed by atoms with Crippen LogP contribution in [0.3, 0.4) is 0 Å². The van der Waals surface area contributed by atoms with Crippen molar-refractivity contribution in [1.29, 1.82) is 0 Å². The lowest BCUT2D eigenvalue weighted by Crippen LogP contribution is -2.22. The molecule has 0 amide bonds. The average Bonchev–Trinajstić information content (AvgIpc) is 2.83. The van der Waals surface area contributed by atoms with Crippen molar-refractivity contribution in [1.82, 2.24) is 5.32 Å². The third-order valence-electron chi connectivity index (χ3n) is 2.84. The van der Waals surface area contributed by atoms with Gasteiger partial charge in [0.2, 0.25) is 0 Å². The third-order valence-corrected chi connectivity index (χ3v) is 3.37. The van der Waals surface area contributed by atoms with Crippen LogP contribution < -0.4 is 5.32 Å². The number of hydrogen-bond donors (Lipinski definition) is 1. The summed E-state index contributed by atoms with van der Waals surface area (Å²) in [5.74, 6) is 0.967. The maximum absolute atomic E-state index is 5.38. The predicted molar refractivity (Wildman–Crippen MR) is 72.8 cm³/mol. The van der Waals surface area contributed by atoms with E-state index in [0.717, 1.165) is 10.2 Å². The Hall–Kier alpha value is -1.06. The molecule has 1 N–H and O–H groups in total. The van der Waals surface area contributed by atoms with Gasteiger partial charge in [0, 0.05) is 10.5 Å². The van der Waals surface area contributed by atoms with Crippen LogP contribution in [0.5, 0.6) is 0 Å². The van der Waals surface area contributed by atoms with Gasteiger partial charge >= 0.3 is 0 Å². The number of nitrogens with one attached hydrogen (secondary N) is 1. The lowest BCUT2D eigenvalue weighted by molar-refractivity contribution is 0.403. The van der Waals surface area contributed by atoms with Crippen molar-refractivity contribution < 1.29 is 4.42 Å². The topological polar surface area (TPSA) is 25.2 Å². The maximum atomic E-state index is 5.38. The largest absolute Gasteiger partial charge is 0.468 e. The third kappa shape index (κ3) is 3.20. The Balaban J connectivity index is 2.01. The van der Waals surface area contributed by atoms with Crippen LogP contribution in [0, 0.1) is 0 Å². The first-order chi connectivity index (χ1) is 8.16. The summed E-state index contributed by atoms with van der Waals surface area (Å²) in [5.41, 5.74) is 1.27. The van der Waals surface area contributed by atoms with E-state index in [-0.39, 0.29) is 6.04 Å². The standard InChI is InChI=1S/C14H16BrNO/c1-10(12-5-7-13(15)8-6-12)16-11(2)14-4-3-9-17-14/h3-11,16H,1-2H3/t10?,11-/m1/s1. The fourth-order valence-corrected chi connectivity index (χ4v) is 2.11. The van der Waals surface area contributed by atoms with Crippen LogP contribution in [-0.4, -0.2) is 0 Å². The fraction of sp³-hybridized carbons (Fsp3) is 0.286. The minimum absolute atomic E-state index is 0.212. The number of furan rings is 1. The van der Waals surface area contributed by atoms with Crippen molar-refractivity contribution in [3.8, 4) is 0 Å². The Labute approximate surface area is 110 Å². The van der Waals surface area contributed by atoms with Crippen LogP contribution in [0.2, 0.25) is 0 Å². The second kappa shape index (κ2) is 5.52. The van der Waals surface area contributed by atoms with Crippen LogP contribution in [0.25, 0.3) is 0 Å². The summed E-state index contributed by atoms with van der Waals surface area (Å²) >= 11 is 3.44. The quantitative estimate of drug-likeness (QED) is 0.901. The van der Waals surface area contributed by atoms with E-state index in [4.69, 9.17) is 4.42 Å². The average molecular weight is 294 g/mol. The minimum Gasteiger partial charge on any atom is -0.468 e. The van der Waals surface area contributed by atoms with Crippen molar-refractivity contribution in [2.45, 2.75) is 25.9 Å². The molecule has 1 unspecified atom stereocenters. The summed E-state index contributed by atoms with van der Waals surface area (Å²) in [6.45, 7) is 4.26. The normalized spacial score (nSPS) is 14.5. The summed E-state index contributed by atoms with van der Waals surface area (Å²) in [6.07, 6.45) is 1.71. The first kappa shape index (κ1) is 12.4. The van der Waals surface area contributed by atoms with Gasteiger partial charge in [0.15, 0.2) is 0 Å². The van der Waals surface area contributed by atoms with Gasteiger partial charge in [-0.3, -0.25) is 0 Å². The van der Waals surface area contributed by atoms with E-state index >= 15 is 0 Å². The zero-order valence-corrected chi connectivity index (χ0v) is 11.6. The van der Waals surface area contributed by atoms with Gasteiger partial charge in [-0.15, -0.1) is 0 Å². The van der Waals surface area contributed by atoms with E-state index in [1.807, 2.05) is 12.1 Å². The van der Waals surface area contributed by atoms with Crippen molar-refractivity contribution in [2.75, 3.05) is 0 Å². The maximum Gasteiger partial charge on any atom is 0.120 e. The molecule has 0 spiro atoms. The molecule has 1 aromatic carbocycles. The van der Waals surface area contributed by atoms with Crippen LogP contribution in [0.15, 0.2) is 51.6 Å². The molecular formula is C14H16BrNO. The van der Waals surface area contributed by atoms with E-state index in [1.165, 1.54) is 5.56 Å². The van der Waals surface area contributed by atoms with E-state index in [0.29, 0.717) is 6.04 Å². The number of hydrogen-bond acceptors (Lipinski definition) is 2. The number of halogens is 1. The molecule has 0 aliphatic rings. The van der Waals surface area contributed by atoms with Gasteiger partial charge in [0.05, 0.1) is 12.3 Å². The molecule has 2 atom stereocenters. The second-order valence-corrected chi connectivity index (χ2v) is 5.09. The molecule has 0 aliphatic heterocycles. The molecule has 0 bridgehead atoms. The SMILES string of the molecule is CC(N[C@H](C)c1ccco1)c1ccc(Br)cc1. The molecule has 90 valence electrons. The highest BCUT2D eigenvalue weighted by Crippen LogP contribution is 2.21. The van der Waals surface area contributed by atoms with Gasteiger partial charge in [-0.2, -0.15) is 0 Å². The van der Waals surface area contributed by atoms with Crippen LogP contribution in [0.1, 0.15) is 37.3 Å². The van der Waals surface area contributed by atoms with E-state index in [1.54, 1.807) is 6.26 Å². The van der Waals surface area contributed by atoms with Crippen LogP contribution in [-0.2, 0) is 0 Å². The first-order valence-corrected chi connectivity index (χ1v) is 6.51. The summed E-state index contributed by atoms with van der Waals surface area (Å²) in [4.78, 5) is 0. The lowest BCUT2D eigenvalue weighted by atomic mass is 10.1. The highest BCUT2D eigenvalue weighted by Gasteiger charge is 2.12.